The number of aromatic nitrogens is 1. The number of benzene rings is 1. The first-order chi connectivity index (χ1) is 9.02. The molecule has 1 aromatic heterocycles. The smallest absolute Gasteiger partial charge is 0.205 e. The van der Waals surface area contributed by atoms with E-state index in [4.69, 9.17) is 5.73 Å². The molecule has 2 rings (SSSR count). The molecule has 0 aliphatic rings. The van der Waals surface area contributed by atoms with Crippen molar-refractivity contribution in [2.24, 2.45) is 0 Å². The highest BCUT2D eigenvalue weighted by atomic mass is 32.1. The average Bonchev–Trinajstić information content (AvgIpc) is 2.80. The van der Waals surface area contributed by atoms with Crippen molar-refractivity contribution >= 4 is 22.3 Å². The normalized spacial score (nSPS) is 12.4. The molecule has 0 spiro atoms. The Hall–Kier alpha value is -1.82. The Bertz CT molecular complexity index is 595. The lowest BCUT2D eigenvalue weighted by molar-refractivity contribution is 0.103. The van der Waals surface area contributed by atoms with Crippen LogP contribution in [0.25, 0.3) is 0 Å². The molecule has 6 heteroatoms. The fourth-order valence-corrected chi connectivity index (χ4v) is 2.49. The van der Waals surface area contributed by atoms with Gasteiger partial charge in [0.05, 0.1) is 5.69 Å². The van der Waals surface area contributed by atoms with E-state index in [1.807, 2.05) is 0 Å². The monoisotopic (exact) mass is 282 g/mol. The van der Waals surface area contributed by atoms with Crippen LogP contribution in [0.1, 0.15) is 40.4 Å². The third-order valence-electron chi connectivity index (χ3n) is 2.64. The number of alkyl halides is 1. The molecule has 19 heavy (non-hydrogen) atoms. The molecule has 100 valence electrons. The number of anilines is 1. The maximum atomic E-state index is 13.8. The Balaban J connectivity index is 2.41. The third-order valence-corrected chi connectivity index (χ3v) is 3.54. The Labute approximate surface area is 113 Å². The van der Waals surface area contributed by atoms with Gasteiger partial charge in [0.15, 0.2) is 5.13 Å². The zero-order valence-electron chi connectivity index (χ0n) is 10.2. The predicted octanol–water partition coefficient (Wildman–Crippen LogP) is 3.52. The van der Waals surface area contributed by atoms with Crippen LogP contribution in [0, 0.1) is 5.82 Å². The van der Waals surface area contributed by atoms with Gasteiger partial charge in [-0.25, -0.2) is 13.8 Å². The van der Waals surface area contributed by atoms with Gasteiger partial charge in [0, 0.05) is 5.56 Å². The molecule has 0 radical (unpaired) electrons. The standard InChI is InChI=1S/C13H12F2N2OS/c1-2-9(15)10-12(19-13(16)17-10)11(18)7-3-5-8(14)6-4-7/h3-6,9H,2H2,1H3,(H2,16,17). The highest BCUT2D eigenvalue weighted by molar-refractivity contribution is 7.17. The molecular formula is C13H12F2N2OS. The second-order valence-corrected chi connectivity index (χ2v) is 5.01. The summed E-state index contributed by atoms with van der Waals surface area (Å²) in [6.07, 6.45) is -1.11. The van der Waals surface area contributed by atoms with Gasteiger partial charge < -0.3 is 5.73 Å². The summed E-state index contributed by atoms with van der Waals surface area (Å²) >= 11 is 0.949. The molecule has 2 N–H and O–H groups in total. The molecule has 0 fully saturated rings. The number of carbonyl (C=O) groups is 1. The molecule has 1 heterocycles. The van der Waals surface area contributed by atoms with Crippen molar-refractivity contribution < 1.29 is 13.6 Å². The Morgan fingerprint density at radius 2 is 2.05 bits per heavy atom. The van der Waals surface area contributed by atoms with Gasteiger partial charge in [0.1, 0.15) is 16.9 Å². The molecule has 3 nitrogen and oxygen atoms in total. The van der Waals surface area contributed by atoms with Gasteiger partial charge in [-0.3, -0.25) is 4.79 Å². The number of nitrogen functional groups attached to an aromatic ring is 1. The molecule has 0 saturated carbocycles. The van der Waals surface area contributed by atoms with Crippen LogP contribution in [-0.4, -0.2) is 10.8 Å². The van der Waals surface area contributed by atoms with Gasteiger partial charge in [-0.15, -0.1) is 0 Å². The van der Waals surface area contributed by atoms with E-state index in [0.717, 1.165) is 11.3 Å². The van der Waals surface area contributed by atoms with Crippen molar-refractivity contribution in [3.8, 4) is 0 Å². The van der Waals surface area contributed by atoms with Crippen LogP contribution in [0.2, 0.25) is 0 Å². The van der Waals surface area contributed by atoms with Crippen LogP contribution < -0.4 is 5.73 Å². The fourth-order valence-electron chi connectivity index (χ4n) is 1.65. The average molecular weight is 282 g/mol. The lowest BCUT2D eigenvalue weighted by atomic mass is 10.1. The van der Waals surface area contributed by atoms with Crippen LogP contribution in [-0.2, 0) is 0 Å². The van der Waals surface area contributed by atoms with Crippen LogP contribution >= 0.6 is 11.3 Å². The summed E-state index contributed by atoms with van der Waals surface area (Å²) in [5.41, 5.74) is 5.90. The van der Waals surface area contributed by atoms with Gasteiger partial charge in [-0.05, 0) is 30.7 Å². The van der Waals surface area contributed by atoms with Crippen molar-refractivity contribution in [2.45, 2.75) is 19.5 Å². The van der Waals surface area contributed by atoms with Crippen molar-refractivity contribution in [2.75, 3.05) is 5.73 Å². The topological polar surface area (TPSA) is 56.0 Å². The van der Waals surface area contributed by atoms with E-state index in [9.17, 15) is 13.6 Å². The van der Waals surface area contributed by atoms with Gasteiger partial charge in [-0.1, -0.05) is 18.3 Å². The van der Waals surface area contributed by atoms with E-state index < -0.39 is 12.0 Å². The van der Waals surface area contributed by atoms with Crippen LogP contribution in [0.15, 0.2) is 24.3 Å². The number of nitrogens with two attached hydrogens (primary N) is 1. The zero-order chi connectivity index (χ0) is 14.0. The molecule has 1 unspecified atom stereocenters. The van der Waals surface area contributed by atoms with Gasteiger partial charge in [0.25, 0.3) is 0 Å². The van der Waals surface area contributed by atoms with Crippen molar-refractivity contribution in [3.05, 3.63) is 46.2 Å². The van der Waals surface area contributed by atoms with Gasteiger partial charge in [-0.2, -0.15) is 0 Å². The Morgan fingerprint density at radius 3 is 2.63 bits per heavy atom. The summed E-state index contributed by atoms with van der Waals surface area (Å²) in [4.78, 5) is 16.3. The highest BCUT2D eigenvalue weighted by Crippen LogP contribution is 2.31. The lowest BCUT2D eigenvalue weighted by Gasteiger charge is -2.04. The molecule has 0 aliphatic heterocycles. The Morgan fingerprint density at radius 1 is 1.42 bits per heavy atom. The van der Waals surface area contributed by atoms with E-state index >= 15 is 0 Å². The molecule has 2 aromatic rings. The largest absolute Gasteiger partial charge is 0.375 e. The Kier molecular flexibility index (Phi) is 3.90. The van der Waals surface area contributed by atoms with Crippen molar-refractivity contribution in [1.29, 1.82) is 0 Å². The summed E-state index contributed by atoms with van der Waals surface area (Å²) in [5.74, 6) is -0.821. The minimum Gasteiger partial charge on any atom is -0.375 e. The van der Waals surface area contributed by atoms with Crippen molar-refractivity contribution in [3.63, 3.8) is 0 Å². The second-order valence-electron chi connectivity index (χ2n) is 3.98. The number of thiazole rings is 1. The van der Waals surface area contributed by atoms with Crippen LogP contribution in [0.3, 0.4) is 0 Å². The number of rotatable bonds is 4. The van der Waals surface area contributed by atoms with E-state index in [1.54, 1.807) is 6.92 Å². The SMILES string of the molecule is CCC(F)c1nc(N)sc1C(=O)c1ccc(F)cc1. The number of halogens is 2. The maximum Gasteiger partial charge on any atom is 0.205 e. The number of ketones is 1. The maximum absolute atomic E-state index is 13.8. The molecule has 1 atom stereocenters. The molecular weight excluding hydrogens is 270 g/mol. The lowest BCUT2D eigenvalue weighted by Crippen LogP contribution is -2.04. The summed E-state index contributed by atoms with van der Waals surface area (Å²) in [7, 11) is 0. The van der Waals surface area contributed by atoms with E-state index in [0.29, 0.717) is 0 Å². The van der Waals surface area contributed by atoms with Gasteiger partial charge >= 0.3 is 0 Å². The number of carbonyl (C=O) groups excluding carboxylic acids is 1. The molecule has 0 amide bonds. The number of hydrogen-bond donors (Lipinski definition) is 1. The zero-order valence-corrected chi connectivity index (χ0v) is 11.0. The third kappa shape index (κ3) is 2.78. The van der Waals surface area contributed by atoms with Crippen molar-refractivity contribution in [1.82, 2.24) is 4.98 Å². The minimum atomic E-state index is -1.33. The highest BCUT2D eigenvalue weighted by Gasteiger charge is 2.23. The quantitative estimate of drug-likeness (QED) is 0.873. The minimum absolute atomic E-state index is 0.0688. The summed E-state index contributed by atoms with van der Waals surface area (Å²) in [6.45, 7) is 1.66. The predicted molar refractivity (Wildman–Crippen MR) is 70.5 cm³/mol. The number of nitrogens with zero attached hydrogens (tertiary/aromatic N) is 1. The first kappa shape index (κ1) is 13.6. The fraction of sp³-hybridized carbons (Fsp3) is 0.231. The summed E-state index contributed by atoms with van der Waals surface area (Å²) < 4.78 is 26.6. The molecule has 0 bridgehead atoms. The van der Waals surface area contributed by atoms with E-state index in [1.165, 1.54) is 24.3 Å². The first-order valence-corrected chi connectivity index (χ1v) is 6.55. The van der Waals surface area contributed by atoms with Crippen LogP contribution in [0.4, 0.5) is 13.9 Å². The summed E-state index contributed by atoms with van der Waals surface area (Å²) in [5, 5.41) is 0.150. The number of hydrogen-bond acceptors (Lipinski definition) is 4. The molecule has 0 saturated heterocycles. The molecule has 1 aromatic carbocycles. The van der Waals surface area contributed by atoms with Crippen LogP contribution in [0.5, 0.6) is 0 Å². The second kappa shape index (κ2) is 5.44. The van der Waals surface area contributed by atoms with Gasteiger partial charge in [0.2, 0.25) is 5.78 Å². The first-order valence-electron chi connectivity index (χ1n) is 5.73. The molecule has 0 aliphatic carbocycles. The van der Waals surface area contributed by atoms with E-state index in [2.05, 4.69) is 4.98 Å². The summed E-state index contributed by atoms with van der Waals surface area (Å²) in [6, 6.07) is 5.08. The van der Waals surface area contributed by atoms with E-state index in [-0.39, 0.29) is 33.5 Å².